The second-order valence-electron chi connectivity index (χ2n) is 11.2. The predicted molar refractivity (Wildman–Crippen MR) is 169 cm³/mol. The fourth-order valence-corrected chi connectivity index (χ4v) is 6.46. The van der Waals surface area contributed by atoms with Gasteiger partial charge in [0.25, 0.3) is 0 Å². The number of methoxy groups -OCH3 is 3. The van der Waals surface area contributed by atoms with Crippen LogP contribution in [0.1, 0.15) is 34.0 Å². The SMILES string of the molecule is COc1cc2ccnc3c2c(c1O)Oc1ccc(cc1)C[C@@H]1c2c(cc(OC)c(OC)c2Oc2ccc(cc2)C3)CCN1CO. The normalized spacial score (nSPS) is 15.9. The van der Waals surface area contributed by atoms with E-state index in [0.29, 0.717) is 65.0 Å². The van der Waals surface area contributed by atoms with E-state index in [4.69, 9.17) is 28.7 Å². The molecule has 5 aliphatic rings. The third-order valence-corrected chi connectivity index (χ3v) is 8.70. The molecule has 1 atom stereocenters. The molecule has 0 saturated carbocycles. The number of hydrogen-bond acceptors (Lipinski definition) is 9. The van der Waals surface area contributed by atoms with Crippen molar-refractivity contribution in [3.63, 3.8) is 0 Å². The molecule has 9 heteroatoms. The number of phenolic OH excluding ortho intramolecular Hbond substituents is 1. The van der Waals surface area contributed by atoms with E-state index in [0.717, 1.165) is 39.8 Å². The van der Waals surface area contributed by atoms with Gasteiger partial charge in [-0.3, -0.25) is 9.88 Å². The maximum absolute atomic E-state index is 11.2. The fraction of sp³-hybridized carbons (Fsp3) is 0.250. The number of phenols is 1. The number of aromatic nitrogens is 1. The number of aliphatic hydroxyl groups is 1. The first-order valence-electron chi connectivity index (χ1n) is 14.8. The lowest BCUT2D eigenvalue weighted by Gasteiger charge is -2.37. The van der Waals surface area contributed by atoms with Crippen LogP contribution < -0.4 is 23.7 Å². The zero-order valence-electron chi connectivity index (χ0n) is 25.4. The molecule has 6 heterocycles. The van der Waals surface area contributed by atoms with Crippen molar-refractivity contribution in [2.75, 3.05) is 34.6 Å². The molecular weight excluding hydrogens is 572 g/mol. The van der Waals surface area contributed by atoms with E-state index in [9.17, 15) is 10.2 Å². The summed E-state index contributed by atoms with van der Waals surface area (Å²) in [4.78, 5) is 6.74. The van der Waals surface area contributed by atoms with Crippen LogP contribution in [0.3, 0.4) is 0 Å². The van der Waals surface area contributed by atoms with Crippen molar-refractivity contribution in [2.45, 2.75) is 25.3 Å². The zero-order chi connectivity index (χ0) is 31.1. The Morgan fingerprint density at radius 3 is 2.20 bits per heavy atom. The van der Waals surface area contributed by atoms with Gasteiger partial charge in [-0.25, -0.2) is 0 Å². The summed E-state index contributed by atoms with van der Waals surface area (Å²) in [6, 6.07) is 21.1. The highest BCUT2D eigenvalue weighted by Gasteiger charge is 2.34. The van der Waals surface area contributed by atoms with Crippen LogP contribution in [-0.4, -0.2) is 54.7 Å². The van der Waals surface area contributed by atoms with Crippen LogP contribution in [0, 0.1) is 0 Å². The summed E-state index contributed by atoms with van der Waals surface area (Å²) in [6.45, 7) is 0.573. The molecule has 5 aliphatic heterocycles. The first-order valence-corrected chi connectivity index (χ1v) is 14.8. The van der Waals surface area contributed by atoms with Gasteiger partial charge < -0.3 is 33.9 Å². The Morgan fingerprint density at radius 2 is 1.53 bits per heavy atom. The predicted octanol–water partition coefficient (Wildman–Crippen LogP) is 6.55. The van der Waals surface area contributed by atoms with Crippen molar-refractivity contribution in [1.29, 1.82) is 0 Å². The first kappa shape index (κ1) is 28.8. The second kappa shape index (κ2) is 11.8. The zero-order valence-corrected chi connectivity index (χ0v) is 25.4. The van der Waals surface area contributed by atoms with Crippen LogP contribution >= 0.6 is 0 Å². The minimum atomic E-state index is -0.196. The summed E-state index contributed by atoms with van der Waals surface area (Å²) in [5.74, 6) is 3.39. The van der Waals surface area contributed by atoms with Gasteiger partial charge in [0.15, 0.2) is 23.0 Å². The minimum absolute atomic E-state index is 0.0872. The first-order chi connectivity index (χ1) is 22.0. The Morgan fingerprint density at radius 1 is 0.844 bits per heavy atom. The lowest BCUT2D eigenvalue weighted by atomic mass is 9.87. The van der Waals surface area contributed by atoms with E-state index in [2.05, 4.69) is 0 Å². The fourth-order valence-electron chi connectivity index (χ4n) is 6.46. The molecule has 2 N–H and O–H groups in total. The molecule has 5 aromatic rings. The molecule has 0 spiro atoms. The van der Waals surface area contributed by atoms with Crippen LogP contribution in [0.4, 0.5) is 0 Å². The summed E-state index contributed by atoms with van der Waals surface area (Å²) in [5.41, 5.74) is 4.83. The van der Waals surface area contributed by atoms with Crippen molar-refractivity contribution in [3.05, 3.63) is 101 Å². The van der Waals surface area contributed by atoms with Crippen molar-refractivity contribution in [1.82, 2.24) is 9.88 Å². The van der Waals surface area contributed by atoms with Gasteiger partial charge in [-0.1, -0.05) is 24.3 Å². The van der Waals surface area contributed by atoms with E-state index < -0.39 is 0 Å². The number of aliphatic hydroxyl groups excluding tert-OH is 1. The summed E-state index contributed by atoms with van der Waals surface area (Å²) < 4.78 is 30.2. The number of benzene rings is 4. The summed E-state index contributed by atoms with van der Waals surface area (Å²) in [5, 5.41) is 23.2. The van der Waals surface area contributed by atoms with Crippen molar-refractivity contribution < 1.29 is 33.9 Å². The minimum Gasteiger partial charge on any atom is -0.502 e. The molecule has 45 heavy (non-hydrogen) atoms. The largest absolute Gasteiger partial charge is 0.502 e. The van der Waals surface area contributed by atoms with E-state index in [1.807, 2.05) is 65.6 Å². The van der Waals surface area contributed by atoms with Crippen LogP contribution in [0.25, 0.3) is 10.8 Å². The second-order valence-corrected chi connectivity index (χ2v) is 11.2. The number of ether oxygens (including phenoxy) is 5. The van der Waals surface area contributed by atoms with E-state index in [1.165, 1.54) is 7.11 Å². The van der Waals surface area contributed by atoms with Crippen molar-refractivity contribution in [3.8, 4) is 46.0 Å². The van der Waals surface area contributed by atoms with Crippen LogP contribution in [0.5, 0.6) is 46.0 Å². The molecule has 10 rings (SSSR count). The molecule has 4 aromatic carbocycles. The Kier molecular flexibility index (Phi) is 7.56. The smallest absolute Gasteiger partial charge is 0.204 e. The van der Waals surface area contributed by atoms with E-state index >= 15 is 0 Å². The molecule has 1 aromatic heterocycles. The van der Waals surface area contributed by atoms with Crippen LogP contribution in [0.2, 0.25) is 0 Å². The van der Waals surface area contributed by atoms with Gasteiger partial charge >= 0.3 is 0 Å². The van der Waals surface area contributed by atoms with Crippen molar-refractivity contribution in [2.24, 2.45) is 0 Å². The average Bonchev–Trinajstić information content (AvgIpc) is 3.07. The Hall–Kier alpha value is -4.99. The number of pyridine rings is 1. The maximum atomic E-state index is 11.2. The molecule has 9 nitrogen and oxygen atoms in total. The molecule has 0 radical (unpaired) electrons. The molecule has 0 saturated heterocycles. The monoisotopic (exact) mass is 606 g/mol. The van der Waals surface area contributed by atoms with Gasteiger partial charge in [-0.2, -0.15) is 0 Å². The lowest BCUT2D eigenvalue weighted by molar-refractivity contribution is 0.0594. The summed E-state index contributed by atoms with van der Waals surface area (Å²) in [6.07, 6.45) is 3.56. The highest BCUT2D eigenvalue weighted by atomic mass is 16.5. The van der Waals surface area contributed by atoms with E-state index in [-0.39, 0.29) is 18.5 Å². The molecular formula is C36H34N2O7. The Labute approximate surface area is 261 Å². The summed E-state index contributed by atoms with van der Waals surface area (Å²) >= 11 is 0. The Balaban J connectivity index is 1.43. The molecule has 0 unspecified atom stereocenters. The topological polar surface area (TPSA) is 103 Å². The Bertz CT molecular complexity index is 1870. The molecule has 230 valence electrons. The number of nitrogens with zero attached hydrogens (tertiary/aromatic N) is 2. The number of rotatable bonds is 4. The van der Waals surface area contributed by atoms with Gasteiger partial charge in [0.05, 0.1) is 39.1 Å². The van der Waals surface area contributed by atoms with Gasteiger partial charge in [0, 0.05) is 30.8 Å². The maximum Gasteiger partial charge on any atom is 0.204 e. The standard InChI is InChI=1S/C36H34N2O7/c1-41-29-18-23-12-14-37-27-16-21-4-8-26(9-5-21)45-36-32-24(19-30(42-2)34(36)43-3)13-15-38(20-39)28(32)17-22-6-10-25(11-7-22)44-35(31(23)27)33(29)40/h4-12,14,18-19,28,39-40H,13,15-17,20H2,1-3H3/t28-/m1/s1. The number of hydrogen-bond donors (Lipinski definition) is 2. The third kappa shape index (κ3) is 5.13. The quantitative estimate of drug-likeness (QED) is 0.236. The van der Waals surface area contributed by atoms with Crippen molar-refractivity contribution >= 4 is 10.8 Å². The highest BCUT2D eigenvalue weighted by molar-refractivity contribution is 5.95. The average molecular weight is 607 g/mol. The number of aromatic hydroxyl groups is 1. The van der Waals surface area contributed by atoms with Gasteiger partial charge in [-0.05, 0) is 77.4 Å². The van der Waals surface area contributed by atoms with Gasteiger partial charge in [0.2, 0.25) is 11.5 Å². The molecule has 0 fully saturated rings. The lowest BCUT2D eigenvalue weighted by Crippen LogP contribution is -2.37. The third-order valence-electron chi connectivity index (χ3n) is 8.70. The summed E-state index contributed by atoms with van der Waals surface area (Å²) in [7, 11) is 4.75. The van der Waals surface area contributed by atoms with Gasteiger partial charge in [-0.15, -0.1) is 0 Å². The molecule has 4 bridgehead atoms. The van der Waals surface area contributed by atoms with Crippen LogP contribution in [-0.2, 0) is 19.3 Å². The molecule has 0 aliphatic carbocycles. The van der Waals surface area contributed by atoms with Gasteiger partial charge in [0.1, 0.15) is 11.5 Å². The van der Waals surface area contributed by atoms with E-state index in [1.54, 1.807) is 26.5 Å². The van der Waals surface area contributed by atoms with Crippen LogP contribution in [0.15, 0.2) is 72.9 Å². The highest BCUT2D eigenvalue weighted by Crippen LogP contribution is 2.50. The molecule has 0 amide bonds.